The van der Waals surface area contributed by atoms with Crippen LogP contribution in [-0.2, 0) is 0 Å². The normalized spacial score (nSPS) is 10.0. The topological polar surface area (TPSA) is 78.4 Å². The maximum Gasteiger partial charge on any atom is 0.335 e. The van der Waals surface area contributed by atoms with Gasteiger partial charge in [0.2, 0.25) is 0 Å². The van der Waals surface area contributed by atoms with Gasteiger partial charge in [0.05, 0.1) is 11.1 Å². The van der Waals surface area contributed by atoms with Gasteiger partial charge < -0.3 is 15.7 Å². The monoisotopic (exact) mass is 304 g/mol. The van der Waals surface area contributed by atoms with E-state index in [1.807, 2.05) is 0 Å². The predicted molar refractivity (Wildman–Crippen MR) is 82.4 cm³/mol. The zero-order valence-electron chi connectivity index (χ0n) is 11.2. The molecule has 0 aliphatic rings. The standard InChI is InChI=1S/C15H13ClN2O3/c1-17-13-8-9(15(20)21)2-7-12(13)14(19)18-11-5-3-10(16)4-6-11/h2-8,17H,1H3,(H,18,19)(H,20,21). The first kappa shape index (κ1) is 14.9. The van der Waals surface area contributed by atoms with Gasteiger partial charge in [-0.15, -0.1) is 0 Å². The van der Waals surface area contributed by atoms with E-state index in [4.69, 9.17) is 16.7 Å². The molecule has 0 radical (unpaired) electrons. The molecule has 0 bridgehead atoms. The number of halogens is 1. The molecule has 0 saturated heterocycles. The third-order valence-electron chi connectivity index (χ3n) is 2.88. The second kappa shape index (κ2) is 6.28. The molecule has 0 aromatic heterocycles. The van der Waals surface area contributed by atoms with Crippen molar-refractivity contribution in [2.75, 3.05) is 17.7 Å². The quantitative estimate of drug-likeness (QED) is 0.809. The van der Waals surface area contributed by atoms with E-state index in [1.54, 1.807) is 31.3 Å². The molecular formula is C15H13ClN2O3. The van der Waals surface area contributed by atoms with Crippen LogP contribution >= 0.6 is 11.6 Å². The molecule has 0 saturated carbocycles. The van der Waals surface area contributed by atoms with E-state index < -0.39 is 5.97 Å². The van der Waals surface area contributed by atoms with E-state index in [0.717, 1.165) is 0 Å². The van der Waals surface area contributed by atoms with Crippen molar-refractivity contribution in [3.8, 4) is 0 Å². The van der Waals surface area contributed by atoms with Crippen LogP contribution in [0, 0.1) is 0 Å². The Hall–Kier alpha value is -2.53. The fraction of sp³-hybridized carbons (Fsp3) is 0.0667. The van der Waals surface area contributed by atoms with Crippen LogP contribution in [0.4, 0.5) is 11.4 Å². The molecule has 0 fully saturated rings. The highest BCUT2D eigenvalue weighted by atomic mass is 35.5. The van der Waals surface area contributed by atoms with Gasteiger partial charge in [-0.05, 0) is 42.5 Å². The molecule has 0 aliphatic carbocycles. The summed E-state index contributed by atoms with van der Waals surface area (Å²) in [4.78, 5) is 23.2. The molecule has 2 rings (SSSR count). The van der Waals surface area contributed by atoms with Crippen LogP contribution in [0.5, 0.6) is 0 Å². The summed E-state index contributed by atoms with van der Waals surface area (Å²) in [5.41, 5.74) is 1.52. The Morgan fingerprint density at radius 2 is 1.76 bits per heavy atom. The summed E-state index contributed by atoms with van der Waals surface area (Å²) >= 11 is 5.78. The van der Waals surface area contributed by atoms with E-state index in [9.17, 15) is 9.59 Å². The van der Waals surface area contributed by atoms with E-state index in [-0.39, 0.29) is 11.5 Å². The lowest BCUT2D eigenvalue weighted by Crippen LogP contribution is -2.14. The molecule has 2 aromatic rings. The lowest BCUT2D eigenvalue weighted by Gasteiger charge is -2.11. The molecule has 3 N–H and O–H groups in total. The summed E-state index contributed by atoms with van der Waals surface area (Å²) < 4.78 is 0. The number of carboxylic acids is 1. The average molecular weight is 305 g/mol. The maximum atomic E-state index is 12.2. The zero-order valence-corrected chi connectivity index (χ0v) is 11.9. The third kappa shape index (κ3) is 3.52. The van der Waals surface area contributed by atoms with Crippen molar-refractivity contribution in [3.63, 3.8) is 0 Å². The Balaban J connectivity index is 2.26. The fourth-order valence-electron chi connectivity index (χ4n) is 1.81. The average Bonchev–Trinajstić information content (AvgIpc) is 2.48. The number of carboxylic acid groups (broad SMARTS) is 1. The van der Waals surface area contributed by atoms with Crippen LogP contribution in [0.1, 0.15) is 20.7 Å². The number of hydrogen-bond donors (Lipinski definition) is 3. The van der Waals surface area contributed by atoms with Crippen LogP contribution in [0.25, 0.3) is 0 Å². The number of aromatic carboxylic acids is 1. The minimum Gasteiger partial charge on any atom is -0.478 e. The van der Waals surface area contributed by atoms with Gasteiger partial charge in [0.1, 0.15) is 0 Å². The molecule has 5 nitrogen and oxygen atoms in total. The Morgan fingerprint density at radius 3 is 2.33 bits per heavy atom. The Bertz CT molecular complexity index is 684. The van der Waals surface area contributed by atoms with Gasteiger partial charge >= 0.3 is 5.97 Å². The highest BCUT2D eigenvalue weighted by molar-refractivity contribution is 6.30. The Kier molecular flexibility index (Phi) is 4.45. The largest absolute Gasteiger partial charge is 0.478 e. The van der Waals surface area contributed by atoms with Crippen molar-refractivity contribution >= 4 is 34.9 Å². The van der Waals surface area contributed by atoms with Crippen molar-refractivity contribution in [1.82, 2.24) is 0 Å². The smallest absolute Gasteiger partial charge is 0.335 e. The van der Waals surface area contributed by atoms with Crippen LogP contribution in [0.2, 0.25) is 5.02 Å². The number of amides is 1. The number of hydrogen-bond acceptors (Lipinski definition) is 3. The van der Waals surface area contributed by atoms with Crippen molar-refractivity contribution in [2.24, 2.45) is 0 Å². The van der Waals surface area contributed by atoms with Gasteiger partial charge in [-0.2, -0.15) is 0 Å². The number of nitrogens with one attached hydrogen (secondary N) is 2. The number of benzene rings is 2. The first-order valence-corrected chi connectivity index (χ1v) is 6.51. The molecule has 0 heterocycles. The summed E-state index contributed by atoms with van der Waals surface area (Å²) in [6.45, 7) is 0. The molecule has 2 aromatic carbocycles. The second-order valence-electron chi connectivity index (χ2n) is 4.28. The molecule has 0 atom stereocenters. The third-order valence-corrected chi connectivity index (χ3v) is 3.13. The van der Waals surface area contributed by atoms with Gasteiger partial charge in [-0.1, -0.05) is 11.6 Å². The molecule has 1 amide bonds. The zero-order chi connectivity index (χ0) is 15.4. The van der Waals surface area contributed by atoms with Crippen LogP contribution in [-0.4, -0.2) is 24.0 Å². The highest BCUT2D eigenvalue weighted by Gasteiger charge is 2.13. The maximum absolute atomic E-state index is 12.2. The lowest BCUT2D eigenvalue weighted by atomic mass is 10.1. The Labute approximate surface area is 126 Å². The summed E-state index contributed by atoms with van der Waals surface area (Å²) in [6, 6.07) is 11.0. The molecule has 0 unspecified atom stereocenters. The number of carbonyl (C=O) groups is 2. The van der Waals surface area contributed by atoms with E-state index >= 15 is 0 Å². The Morgan fingerprint density at radius 1 is 1.10 bits per heavy atom. The van der Waals surface area contributed by atoms with Crippen LogP contribution < -0.4 is 10.6 Å². The molecule has 0 spiro atoms. The minimum atomic E-state index is -1.05. The van der Waals surface area contributed by atoms with Gasteiger partial charge in [0.25, 0.3) is 5.91 Å². The first-order valence-electron chi connectivity index (χ1n) is 6.13. The van der Waals surface area contributed by atoms with Crippen molar-refractivity contribution < 1.29 is 14.7 Å². The minimum absolute atomic E-state index is 0.113. The van der Waals surface area contributed by atoms with Gasteiger partial charge in [0, 0.05) is 23.4 Å². The van der Waals surface area contributed by atoms with Gasteiger partial charge in [-0.3, -0.25) is 4.79 Å². The van der Waals surface area contributed by atoms with E-state index in [1.165, 1.54) is 18.2 Å². The van der Waals surface area contributed by atoms with E-state index in [0.29, 0.717) is 22.0 Å². The first-order chi connectivity index (χ1) is 10.0. The van der Waals surface area contributed by atoms with Gasteiger partial charge in [0.15, 0.2) is 0 Å². The molecule has 108 valence electrons. The molecule has 0 aliphatic heterocycles. The second-order valence-corrected chi connectivity index (χ2v) is 4.71. The predicted octanol–water partition coefficient (Wildman–Crippen LogP) is 3.33. The van der Waals surface area contributed by atoms with Crippen molar-refractivity contribution in [3.05, 3.63) is 58.6 Å². The lowest BCUT2D eigenvalue weighted by molar-refractivity contribution is 0.0696. The van der Waals surface area contributed by atoms with Gasteiger partial charge in [-0.25, -0.2) is 4.79 Å². The van der Waals surface area contributed by atoms with E-state index in [2.05, 4.69) is 10.6 Å². The summed E-state index contributed by atoms with van der Waals surface area (Å²) in [7, 11) is 1.63. The molecular weight excluding hydrogens is 292 g/mol. The number of carbonyl (C=O) groups excluding carboxylic acids is 1. The summed E-state index contributed by atoms with van der Waals surface area (Å²) in [5.74, 6) is -1.38. The van der Waals surface area contributed by atoms with Crippen molar-refractivity contribution in [2.45, 2.75) is 0 Å². The molecule has 6 heteroatoms. The number of rotatable bonds is 4. The SMILES string of the molecule is CNc1cc(C(=O)O)ccc1C(=O)Nc1ccc(Cl)cc1. The van der Waals surface area contributed by atoms with Crippen LogP contribution in [0.3, 0.4) is 0 Å². The van der Waals surface area contributed by atoms with Crippen LogP contribution in [0.15, 0.2) is 42.5 Å². The highest BCUT2D eigenvalue weighted by Crippen LogP contribution is 2.20. The fourth-order valence-corrected chi connectivity index (χ4v) is 1.94. The van der Waals surface area contributed by atoms with Crippen molar-refractivity contribution in [1.29, 1.82) is 0 Å². The summed E-state index contributed by atoms with van der Waals surface area (Å²) in [5, 5.41) is 15.1. The molecule has 21 heavy (non-hydrogen) atoms. The summed E-state index contributed by atoms with van der Waals surface area (Å²) in [6.07, 6.45) is 0. The number of anilines is 2.